The molecule has 0 amide bonds. The lowest BCUT2D eigenvalue weighted by atomic mass is 9.49. The van der Waals surface area contributed by atoms with Gasteiger partial charge in [-0.15, -0.1) is 0 Å². The predicted octanol–water partition coefficient (Wildman–Crippen LogP) is 3.83. The minimum atomic E-state index is 0.330. The van der Waals surface area contributed by atoms with E-state index in [1.165, 1.54) is 45.3 Å². The van der Waals surface area contributed by atoms with Crippen molar-refractivity contribution in [1.82, 2.24) is 4.90 Å². The Balaban J connectivity index is 1.42. The summed E-state index contributed by atoms with van der Waals surface area (Å²) in [5.74, 6) is 3.54. The quantitative estimate of drug-likeness (QED) is 0.764. The summed E-state index contributed by atoms with van der Waals surface area (Å²) in [6, 6.07) is 2.50. The standard InChI is InChI=1S/C18H28N2/c19-12-14-2-1-4-20(5-3-14)13-18-9-15-6-16(10-18)8-17(7-15)11-18/h14-17H,1-11,13H2. The molecule has 0 spiro atoms. The van der Waals surface area contributed by atoms with Crippen LogP contribution in [0.5, 0.6) is 0 Å². The fraction of sp³-hybridized carbons (Fsp3) is 0.944. The second-order valence-corrected chi connectivity index (χ2v) is 8.45. The van der Waals surface area contributed by atoms with Gasteiger partial charge in [0.2, 0.25) is 0 Å². The first-order valence-corrected chi connectivity index (χ1v) is 8.87. The molecule has 4 saturated carbocycles. The third-order valence-electron chi connectivity index (χ3n) is 6.73. The lowest BCUT2D eigenvalue weighted by molar-refractivity contribution is -0.0687. The number of rotatable bonds is 2. The highest BCUT2D eigenvalue weighted by molar-refractivity contribution is 5.02. The van der Waals surface area contributed by atoms with E-state index in [4.69, 9.17) is 5.26 Å². The van der Waals surface area contributed by atoms with Gasteiger partial charge in [-0.3, -0.25) is 0 Å². The van der Waals surface area contributed by atoms with E-state index in [0.29, 0.717) is 11.3 Å². The third-order valence-corrected chi connectivity index (χ3v) is 6.73. The zero-order chi connectivity index (χ0) is 13.6. The highest BCUT2D eigenvalue weighted by atomic mass is 15.1. The largest absolute Gasteiger partial charge is 0.303 e. The summed E-state index contributed by atoms with van der Waals surface area (Å²) in [5, 5.41) is 9.14. The third kappa shape index (κ3) is 2.39. The van der Waals surface area contributed by atoms with Crippen LogP contribution in [0.15, 0.2) is 0 Å². The fourth-order valence-corrected chi connectivity index (χ4v) is 6.40. The second-order valence-electron chi connectivity index (χ2n) is 8.45. The van der Waals surface area contributed by atoms with Gasteiger partial charge in [0.15, 0.2) is 0 Å². The van der Waals surface area contributed by atoms with E-state index in [9.17, 15) is 0 Å². The summed E-state index contributed by atoms with van der Waals surface area (Å²) in [4.78, 5) is 2.73. The molecular weight excluding hydrogens is 244 g/mol. The molecule has 0 radical (unpaired) electrons. The zero-order valence-corrected chi connectivity index (χ0v) is 12.7. The average Bonchev–Trinajstić information content (AvgIpc) is 2.61. The van der Waals surface area contributed by atoms with Crippen LogP contribution in [0.2, 0.25) is 0 Å². The maximum Gasteiger partial charge on any atom is 0.0656 e. The van der Waals surface area contributed by atoms with Crippen molar-refractivity contribution >= 4 is 0 Å². The number of nitrogens with zero attached hydrogens (tertiary/aromatic N) is 2. The van der Waals surface area contributed by atoms with Crippen LogP contribution in [0.3, 0.4) is 0 Å². The van der Waals surface area contributed by atoms with Gasteiger partial charge in [-0.2, -0.15) is 5.26 Å². The van der Waals surface area contributed by atoms with E-state index in [1.54, 1.807) is 19.3 Å². The van der Waals surface area contributed by atoms with Crippen LogP contribution in [-0.2, 0) is 0 Å². The molecule has 4 bridgehead atoms. The molecule has 5 aliphatic rings. The number of hydrogen-bond donors (Lipinski definition) is 0. The molecule has 20 heavy (non-hydrogen) atoms. The Morgan fingerprint density at radius 3 is 2.20 bits per heavy atom. The van der Waals surface area contributed by atoms with Crippen molar-refractivity contribution in [2.24, 2.45) is 29.1 Å². The molecule has 2 heteroatoms. The molecule has 0 aromatic heterocycles. The van der Waals surface area contributed by atoms with Gasteiger partial charge in [0.05, 0.1) is 6.07 Å². The lowest BCUT2D eigenvalue weighted by Gasteiger charge is -2.58. The van der Waals surface area contributed by atoms with Crippen LogP contribution in [0.1, 0.15) is 57.8 Å². The van der Waals surface area contributed by atoms with Crippen LogP contribution in [0.4, 0.5) is 0 Å². The maximum absolute atomic E-state index is 9.14. The topological polar surface area (TPSA) is 27.0 Å². The van der Waals surface area contributed by atoms with Gasteiger partial charge in [-0.05, 0) is 94.0 Å². The number of hydrogen-bond acceptors (Lipinski definition) is 2. The molecule has 1 heterocycles. The summed E-state index contributed by atoms with van der Waals surface area (Å²) in [6.07, 6.45) is 12.7. The summed E-state index contributed by atoms with van der Waals surface area (Å²) in [6.45, 7) is 3.79. The van der Waals surface area contributed by atoms with Crippen LogP contribution in [-0.4, -0.2) is 24.5 Å². The Labute approximate surface area is 123 Å². The number of nitriles is 1. The normalized spacial score (nSPS) is 48.0. The van der Waals surface area contributed by atoms with E-state index < -0.39 is 0 Å². The highest BCUT2D eigenvalue weighted by Gasteiger charge is 2.51. The van der Waals surface area contributed by atoms with Crippen molar-refractivity contribution in [3.8, 4) is 6.07 Å². The van der Waals surface area contributed by atoms with Crippen molar-refractivity contribution in [3.05, 3.63) is 0 Å². The smallest absolute Gasteiger partial charge is 0.0656 e. The van der Waals surface area contributed by atoms with Crippen molar-refractivity contribution in [2.75, 3.05) is 19.6 Å². The van der Waals surface area contributed by atoms with Crippen molar-refractivity contribution in [3.63, 3.8) is 0 Å². The fourth-order valence-electron chi connectivity index (χ4n) is 6.40. The average molecular weight is 272 g/mol. The Morgan fingerprint density at radius 2 is 1.60 bits per heavy atom. The lowest BCUT2D eigenvalue weighted by Crippen LogP contribution is -2.51. The van der Waals surface area contributed by atoms with Crippen LogP contribution in [0.25, 0.3) is 0 Å². The molecule has 2 nitrogen and oxygen atoms in total. The summed E-state index contributed by atoms with van der Waals surface area (Å²) < 4.78 is 0. The molecule has 1 aliphatic heterocycles. The minimum absolute atomic E-state index is 0.330. The van der Waals surface area contributed by atoms with Gasteiger partial charge in [-0.1, -0.05) is 0 Å². The number of likely N-dealkylation sites (tertiary alicyclic amines) is 1. The van der Waals surface area contributed by atoms with E-state index in [2.05, 4.69) is 11.0 Å². The predicted molar refractivity (Wildman–Crippen MR) is 80.0 cm³/mol. The Kier molecular flexibility index (Phi) is 3.30. The summed E-state index contributed by atoms with van der Waals surface area (Å²) in [7, 11) is 0. The molecule has 0 N–H and O–H groups in total. The van der Waals surface area contributed by atoms with E-state index >= 15 is 0 Å². The molecule has 1 unspecified atom stereocenters. The molecule has 1 saturated heterocycles. The molecule has 5 rings (SSSR count). The van der Waals surface area contributed by atoms with Gasteiger partial charge in [0.25, 0.3) is 0 Å². The summed E-state index contributed by atoms with van der Waals surface area (Å²) in [5.41, 5.74) is 0.682. The molecular formula is C18H28N2. The van der Waals surface area contributed by atoms with E-state index in [1.807, 2.05) is 0 Å². The van der Waals surface area contributed by atoms with E-state index in [-0.39, 0.29) is 0 Å². The molecule has 1 atom stereocenters. The van der Waals surface area contributed by atoms with Gasteiger partial charge in [-0.25, -0.2) is 0 Å². The molecule has 5 fully saturated rings. The van der Waals surface area contributed by atoms with Crippen LogP contribution in [0, 0.1) is 40.4 Å². The monoisotopic (exact) mass is 272 g/mol. The maximum atomic E-state index is 9.14. The molecule has 110 valence electrons. The molecule has 0 aromatic rings. The van der Waals surface area contributed by atoms with Crippen molar-refractivity contribution < 1.29 is 0 Å². The van der Waals surface area contributed by atoms with E-state index in [0.717, 1.165) is 30.6 Å². The molecule has 4 aliphatic carbocycles. The van der Waals surface area contributed by atoms with Crippen molar-refractivity contribution in [2.45, 2.75) is 57.8 Å². The SMILES string of the molecule is N#CC1CCCN(CC23CC4CC(CC(C4)C2)C3)CC1. The summed E-state index contributed by atoms with van der Waals surface area (Å²) >= 11 is 0. The molecule has 0 aromatic carbocycles. The van der Waals surface area contributed by atoms with Crippen molar-refractivity contribution in [1.29, 1.82) is 5.26 Å². The van der Waals surface area contributed by atoms with Gasteiger partial charge in [0, 0.05) is 12.5 Å². The van der Waals surface area contributed by atoms with Gasteiger partial charge in [0.1, 0.15) is 0 Å². The first-order valence-electron chi connectivity index (χ1n) is 8.87. The minimum Gasteiger partial charge on any atom is -0.303 e. The van der Waals surface area contributed by atoms with Gasteiger partial charge >= 0.3 is 0 Å². The van der Waals surface area contributed by atoms with Gasteiger partial charge < -0.3 is 4.90 Å². The van der Waals surface area contributed by atoms with Crippen LogP contribution >= 0.6 is 0 Å². The first-order chi connectivity index (χ1) is 9.75. The Hall–Kier alpha value is -0.550. The highest BCUT2D eigenvalue weighted by Crippen LogP contribution is 2.60. The second kappa shape index (κ2) is 5.02. The first kappa shape index (κ1) is 13.1. The Morgan fingerprint density at radius 1 is 0.950 bits per heavy atom. The van der Waals surface area contributed by atoms with Crippen LogP contribution < -0.4 is 0 Å². The zero-order valence-electron chi connectivity index (χ0n) is 12.7. The Bertz CT molecular complexity index is 373.